The molecular formula is C23H28N2O3. The van der Waals surface area contributed by atoms with Gasteiger partial charge in [-0.2, -0.15) is 0 Å². The molecule has 3 atom stereocenters. The normalized spacial score (nSPS) is 21.7. The molecule has 1 amide bonds. The number of aromatic nitrogens is 1. The Kier molecular flexibility index (Phi) is 5.25. The van der Waals surface area contributed by atoms with Crippen LogP contribution in [0.3, 0.4) is 0 Å². The molecule has 0 spiro atoms. The highest BCUT2D eigenvalue weighted by atomic mass is 16.5. The van der Waals surface area contributed by atoms with Gasteiger partial charge in [0.25, 0.3) is 0 Å². The maximum atomic E-state index is 12.6. The molecule has 1 aromatic heterocycles. The second kappa shape index (κ2) is 7.82. The molecule has 0 bridgehead atoms. The monoisotopic (exact) mass is 380 g/mol. The van der Waals surface area contributed by atoms with Gasteiger partial charge in [0.1, 0.15) is 11.5 Å². The summed E-state index contributed by atoms with van der Waals surface area (Å²) in [7, 11) is 1.68. The quantitative estimate of drug-likeness (QED) is 0.747. The molecule has 0 aliphatic heterocycles. The Bertz CT molecular complexity index is 845. The minimum absolute atomic E-state index is 0.0383. The van der Waals surface area contributed by atoms with E-state index in [0.29, 0.717) is 5.92 Å². The van der Waals surface area contributed by atoms with Crippen molar-refractivity contribution in [3.8, 4) is 11.5 Å². The van der Waals surface area contributed by atoms with Gasteiger partial charge in [0.05, 0.1) is 31.6 Å². The standard InChI is InChI=1S/C23H28N2O3/c1-14-10-17(6-9-22(14)27-3)19-11-20(19)23(26)25-15(2)21-8-7-18(12-24-21)28-13-16-4-5-16/h6-10,12,15-16,19-20H,4-5,11,13H2,1-3H3,(H,25,26)/t15-,19-,20+/m1/s1. The summed E-state index contributed by atoms with van der Waals surface area (Å²) in [5.41, 5.74) is 3.17. The van der Waals surface area contributed by atoms with Crippen molar-refractivity contribution < 1.29 is 14.3 Å². The predicted molar refractivity (Wildman–Crippen MR) is 108 cm³/mol. The third-order valence-electron chi connectivity index (χ3n) is 5.72. The number of amides is 1. The third-order valence-corrected chi connectivity index (χ3v) is 5.72. The van der Waals surface area contributed by atoms with Crippen LogP contribution in [0.4, 0.5) is 0 Å². The van der Waals surface area contributed by atoms with Gasteiger partial charge in [-0.25, -0.2) is 0 Å². The average Bonchev–Trinajstić information content (AvgIpc) is 3.61. The van der Waals surface area contributed by atoms with E-state index in [1.807, 2.05) is 32.0 Å². The topological polar surface area (TPSA) is 60.5 Å². The minimum Gasteiger partial charge on any atom is -0.496 e. The van der Waals surface area contributed by atoms with E-state index in [9.17, 15) is 4.79 Å². The first kappa shape index (κ1) is 18.8. The second-order valence-corrected chi connectivity index (χ2v) is 8.08. The molecule has 2 aliphatic carbocycles. The molecule has 1 N–H and O–H groups in total. The van der Waals surface area contributed by atoms with Gasteiger partial charge in [-0.05, 0) is 74.3 Å². The maximum Gasteiger partial charge on any atom is 0.224 e. The lowest BCUT2D eigenvalue weighted by Crippen LogP contribution is -2.28. The Labute approximate surface area is 166 Å². The van der Waals surface area contributed by atoms with Crippen molar-refractivity contribution in [2.75, 3.05) is 13.7 Å². The molecule has 2 aliphatic rings. The van der Waals surface area contributed by atoms with E-state index in [4.69, 9.17) is 9.47 Å². The molecule has 1 aromatic carbocycles. The van der Waals surface area contributed by atoms with E-state index in [1.165, 1.54) is 18.4 Å². The van der Waals surface area contributed by atoms with Crippen molar-refractivity contribution in [2.45, 2.75) is 45.1 Å². The number of carbonyl (C=O) groups excluding carboxylic acids is 1. The summed E-state index contributed by atoms with van der Waals surface area (Å²) < 4.78 is 11.0. The van der Waals surface area contributed by atoms with Gasteiger partial charge in [-0.3, -0.25) is 9.78 Å². The van der Waals surface area contributed by atoms with Crippen LogP contribution < -0.4 is 14.8 Å². The van der Waals surface area contributed by atoms with Gasteiger partial charge in [-0.1, -0.05) is 12.1 Å². The number of ether oxygens (including phenoxy) is 2. The van der Waals surface area contributed by atoms with Crippen LogP contribution in [0.15, 0.2) is 36.5 Å². The summed E-state index contributed by atoms with van der Waals surface area (Å²) in [4.78, 5) is 17.1. The number of hydrogen-bond donors (Lipinski definition) is 1. The number of aryl methyl sites for hydroxylation is 1. The Balaban J connectivity index is 1.30. The number of rotatable bonds is 8. The first-order chi connectivity index (χ1) is 13.5. The fourth-order valence-electron chi connectivity index (χ4n) is 3.61. The van der Waals surface area contributed by atoms with E-state index in [-0.39, 0.29) is 17.9 Å². The van der Waals surface area contributed by atoms with E-state index in [2.05, 4.69) is 22.4 Å². The van der Waals surface area contributed by atoms with Crippen LogP contribution in [0.25, 0.3) is 0 Å². The molecule has 4 rings (SSSR count). The summed E-state index contributed by atoms with van der Waals surface area (Å²) in [6.45, 7) is 4.78. The fraction of sp³-hybridized carbons (Fsp3) is 0.478. The lowest BCUT2D eigenvalue weighted by molar-refractivity contribution is -0.123. The van der Waals surface area contributed by atoms with Crippen molar-refractivity contribution in [1.29, 1.82) is 0 Å². The molecule has 2 fully saturated rings. The highest BCUT2D eigenvalue weighted by Gasteiger charge is 2.44. The van der Waals surface area contributed by atoms with Crippen LogP contribution in [-0.4, -0.2) is 24.6 Å². The van der Waals surface area contributed by atoms with Crippen LogP contribution in [0.2, 0.25) is 0 Å². The Morgan fingerprint density at radius 2 is 2.11 bits per heavy atom. The highest BCUT2D eigenvalue weighted by molar-refractivity contribution is 5.83. The smallest absolute Gasteiger partial charge is 0.224 e. The molecule has 5 heteroatoms. The number of carbonyl (C=O) groups is 1. The third kappa shape index (κ3) is 4.29. The zero-order valence-corrected chi connectivity index (χ0v) is 16.8. The summed E-state index contributed by atoms with van der Waals surface area (Å²) in [5.74, 6) is 2.83. The van der Waals surface area contributed by atoms with Gasteiger partial charge < -0.3 is 14.8 Å². The number of nitrogens with one attached hydrogen (secondary N) is 1. The van der Waals surface area contributed by atoms with Crippen molar-refractivity contribution >= 4 is 5.91 Å². The Morgan fingerprint density at radius 1 is 1.29 bits per heavy atom. The molecule has 0 unspecified atom stereocenters. The average molecular weight is 380 g/mol. The first-order valence-corrected chi connectivity index (χ1v) is 10.1. The number of nitrogens with zero attached hydrogens (tertiary/aromatic N) is 1. The molecule has 148 valence electrons. The van der Waals surface area contributed by atoms with Crippen molar-refractivity contribution in [2.24, 2.45) is 11.8 Å². The molecule has 1 heterocycles. The van der Waals surface area contributed by atoms with Crippen molar-refractivity contribution in [1.82, 2.24) is 10.3 Å². The molecular weight excluding hydrogens is 352 g/mol. The van der Waals surface area contributed by atoms with Gasteiger partial charge in [-0.15, -0.1) is 0 Å². The van der Waals surface area contributed by atoms with Crippen LogP contribution in [0, 0.1) is 18.8 Å². The van der Waals surface area contributed by atoms with Gasteiger partial charge >= 0.3 is 0 Å². The van der Waals surface area contributed by atoms with E-state index < -0.39 is 0 Å². The highest BCUT2D eigenvalue weighted by Crippen LogP contribution is 2.48. The molecule has 28 heavy (non-hydrogen) atoms. The van der Waals surface area contributed by atoms with E-state index >= 15 is 0 Å². The SMILES string of the molecule is COc1ccc([C@H]2C[C@@H]2C(=O)N[C@H](C)c2ccc(OCC3CC3)cn2)cc1C. The van der Waals surface area contributed by atoms with Crippen LogP contribution in [0.5, 0.6) is 11.5 Å². The molecule has 0 radical (unpaired) electrons. The van der Waals surface area contributed by atoms with Gasteiger partial charge in [0.15, 0.2) is 0 Å². The van der Waals surface area contributed by atoms with Gasteiger partial charge in [0, 0.05) is 5.92 Å². The van der Waals surface area contributed by atoms with Crippen molar-refractivity contribution in [3.05, 3.63) is 53.3 Å². The molecule has 0 saturated heterocycles. The number of hydrogen-bond acceptors (Lipinski definition) is 4. The zero-order chi connectivity index (χ0) is 19.7. The summed E-state index contributed by atoms with van der Waals surface area (Å²) >= 11 is 0. The minimum atomic E-state index is -0.121. The lowest BCUT2D eigenvalue weighted by atomic mass is 10.1. The molecule has 5 nitrogen and oxygen atoms in total. The number of methoxy groups -OCH3 is 1. The van der Waals surface area contributed by atoms with E-state index in [1.54, 1.807) is 13.3 Å². The first-order valence-electron chi connectivity index (χ1n) is 10.1. The van der Waals surface area contributed by atoms with Crippen LogP contribution in [0.1, 0.15) is 55.0 Å². The number of pyridine rings is 1. The predicted octanol–water partition coefficient (Wildman–Crippen LogP) is 4.17. The number of benzene rings is 1. The summed E-state index contributed by atoms with van der Waals surface area (Å²) in [6, 6.07) is 9.93. The lowest BCUT2D eigenvalue weighted by Gasteiger charge is -2.14. The van der Waals surface area contributed by atoms with Crippen LogP contribution >= 0.6 is 0 Å². The molecule has 2 saturated carbocycles. The zero-order valence-electron chi connectivity index (χ0n) is 16.8. The maximum absolute atomic E-state index is 12.6. The summed E-state index contributed by atoms with van der Waals surface area (Å²) in [5, 5.41) is 3.11. The van der Waals surface area contributed by atoms with Crippen LogP contribution in [-0.2, 0) is 4.79 Å². The second-order valence-electron chi connectivity index (χ2n) is 8.08. The fourth-order valence-corrected chi connectivity index (χ4v) is 3.61. The van der Waals surface area contributed by atoms with Gasteiger partial charge in [0.2, 0.25) is 5.91 Å². The summed E-state index contributed by atoms with van der Waals surface area (Å²) in [6.07, 6.45) is 5.19. The van der Waals surface area contributed by atoms with Crippen molar-refractivity contribution in [3.63, 3.8) is 0 Å². The largest absolute Gasteiger partial charge is 0.496 e. The Morgan fingerprint density at radius 3 is 2.75 bits per heavy atom. The molecule has 2 aromatic rings. The van der Waals surface area contributed by atoms with E-state index in [0.717, 1.165) is 41.7 Å². The Hall–Kier alpha value is -2.56.